The molecule has 1 atom stereocenters. The second kappa shape index (κ2) is 6.15. The van der Waals surface area contributed by atoms with E-state index in [4.69, 9.17) is 28.2 Å². The maximum Gasteiger partial charge on any atom is 0.127 e. The van der Waals surface area contributed by atoms with Gasteiger partial charge in [-0.05, 0) is 64.0 Å². The Labute approximate surface area is 135 Å². The molecule has 1 aromatic heterocycles. The fourth-order valence-electron chi connectivity index (χ4n) is 3.11. The van der Waals surface area contributed by atoms with Crippen LogP contribution in [0.3, 0.4) is 0 Å². The van der Waals surface area contributed by atoms with Crippen LogP contribution < -0.4 is 0 Å². The molecule has 2 heterocycles. The second-order valence-corrected chi connectivity index (χ2v) is 7.17. The predicted octanol–water partition coefficient (Wildman–Crippen LogP) is 4.33. The fraction of sp³-hybridized carbons (Fsp3) is 0.562. The number of fused-ring (bicyclic) bond motifs is 1. The van der Waals surface area contributed by atoms with E-state index in [1.54, 1.807) is 0 Å². The van der Waals surface area contributed by atoms with Crippen molar-refractivity contribution in [2.24, 2.45) is 5.92 Å². The van der Waals surface area contributed by atoms with E-state index >= 15 is 0 Å². The third-order valence-electron chi connectivity index (χ3n) is 4.37. The van der Waals surface area contributed by atoms with Crippen molar-refractivity contribution in [2.75, 3.05) is 20.1 Å². The van der Waals surface area contributed by atoms with Gasteiger partial charge in [0.2, 0.25) is 0 Å². The van der Waals surface area contributed by atoms with Crippen LogP contribution in [0, 0.1) is 5.92 Å². The Kier molecular flexibility index (Phi) is 4.43. The molecule has 1 aromatic carbocycles. The van der Waals surface area contributed by atoms with Gasteiger partial charge in [-0.2, -0.15) is 0 Å². The van der Waals surface area contributed by atoms with Gasteiger partial charge in [-0.15, -0.1) is 11.6 Å². The molecule has 1 fully saturated rings. The van der Waals surface area contributed by atoms with Crippen LogP contribution in [0.15, 0.2) is 18.2 Å². The molecule has 0 saturated carbocycles. The summed E-state index contributed by atoms with van der Waals surface area (Å²) in [6.07, 6.45) is 2.46. The van der Waals surface area contributed by atoms with Gasteiger partial charge >= 0.3 is 0 Å². The number of likely N-dealkylation sites (tertiary alicyclic amines) is 1. The van der Waals surface area contributed by atoms with Gasteiger partial charge < -0.3 is 9.47 Å². The minimum atomic E-state index is -0.0950. The van der Waals surface area contributed by atoms with Gasteiger partial charge in [0.05, 0.1) is 16.4 Å². The van der Waals surface area contributed by atoms with Crippen LogP contribution in [0.25, 0.3) is 11.0 Å². The molecule has 114 valence electrons. The molecule has 0 amide bonds. The summed E-state index contributed by atoms with van der Waals surface area (Å²) in [5.74, 6) is 1.64. The molecule has 0 aliphatic carbocycles. The molecule has 1 aliphatic heterocycles. The van der Waals surface area contributed by atoms with E-state index < -0.39 is 0 Å². The first kappa shape index (κ1) is 15.1. The fourth-order valence-corrected chi connectivity index (χ4v) is 3.45. The van der Waals surface area contributed by atoms with Crippen molar-refractivity contribution in [1.29, 1.82) is 0 Å². The number of halogens is 2. The lowest BCUT2D eigenvalue weighted by Crippen LogP contribution is -2.32. The van der Waals surface area contributed by atoms with Crippen LogP contribution in [0.1, 0.15) is 31.0 Å². The number of imidazole rings is 1. The van der Waals surface area contributed by atoms with Gasteiger partial charge in [0.15, 0.2) is 0 Å². The quantitative estimate of drug-likeness (QED) is 0.783. The van der Waals surface area contributed by atoms with Gasteiger partial charge in [0.25, 0.3) is 0 Å². The molecule has 0 N–H and O–H groups in total. The lowest BCUT2D eigenvalue weighted by molar-refractivity contribution is 0.205. The molecule has 1 unspecified atom stereocenters. The highest BCUT2D eigenvalue weighted by Gasteiger charge is 2.21. The van der Waals surface area contributed by atoms with Crippen LogP contribution in [-0.2, 0) is 6.54 Å². The first-order chi connectivity index (χ1) is 10.0. The zero-order valence-corrected chi connectivity index (χ0v) is 14.0. The highest BCUT2D eigenvalue weighted by atomic mass is 35.5. The lowest BCUT2D eigenvalue weighted by atomic mass is 9.97. The molecule has 3 rings (SSSR count). The third-order valence-corrected chi connectivity index (χ3v) is 4.80. The average molecular weight is 326 g/mol. The summed E-state index contributed by atoms with van der Waals surface area (Å²) in [5.41, 5.74) is 2.08. The highest BCUT2D eigenvalue weighted by molar-refractivity contribution is 6.31. The van der Waals surface area contributed by atoms with E-state index in [1.165, 1.54) is 25.9 Å². The summed E-state index contributed by atoms with van der Waals surface area (Å²) in [6, 6.07) is 5.87. The van der Waals surface area contributed by atoms with E-state index in [-0.39, 0.29) is 5.38 Å². The zero-order chi connectivity index (χ0) is 15.0. The molecule has 5 heteroatoms. The Morgan fingerprint density at radius 1 is 1.33 bits per heavy atom. The SMILES string of the molecule is CC(Cl)c1nc2ccc(Cl)cc2n1CC1CCN(C)CC1. The molecule has 21 heavy (non-hydrogen) atoms. The molecule has 1 saturated heterocycles. The number of alkyl halides is 1. The summed E-state index contributed by atoms with van der Waals surface area (Å²) in [7, 11) is 2.19. The van der Waals surface area contributed by atoms with Crippen LogP contribution in [0.2, 0.25) is 5.02 Å². The number of hydrogen-bond donors (Lipinski definition) is 0. The summed E-state index contributed by atoms with van der Waals surface area (Å²) >= 11 is 12.5. The van der Waals surface area contributed by atoms with Gasteiger partial charge in [0.1, 0.15) is 5.82 Å². The van der Waals surface area contributed by atoms with Gasteiger partial charge in [0, 0.05) is 11.6 Å². The van der Waals surface area contributed by atoms with Crippen molar-refractivity contribution in [3.05, 3.63) is 29.0 Å². The normalized spacial score (nSPS) is 19.2. The number of nitrogens with zero attached hydrogens (tertiary/aromatic N) is 3. The lowest BCUT2D eigenvalue weighted by Gasteiger charge is -2.29. The monoisotopic (exact) mass is 325 g/mol. The number of benzene rings is 1. The summed E-state index contributed by atoms with van der Waals surface area (Å²) in [5, 5.41) is 0.656. The molecule has 0 radical (unpaired) electrons. The van der Waals surface area contributed by atoms with Crippen LogP contribution in [-0.4, -0.2) is 34.6 Å². The number of hydrogen-bond acceptors (Lipinski definition) is 2. The van der Waals surface area contributed by atoms with Crippen LogP contribution >= 0.6 is 23.2 Å². The molecule has 1 aliphatic rings. The largest absolute Gasteiger partial charge is 0.326 e. The minimum Gasteiger partial charge on any atom is -0.326 e. The van der Waals surface area contributed by atoms with Gasteiger partial charge in [-0.25, -0.2) is 4.98 Å². The van der Waals surface area contributed by atoms with Crippen molar-refractivity contribution in [2.45, 2.75) is 31.7 Å². The standard InChI is InChI=1S/C16H21Cl2N3/c1-11(17)16-19-14-4-3-13(18)9-15(14)21(16)10-12-5-7-20(2)8-6-12/h3-4,9,11-12H,5-8,10H2,1-2H3. The first-order valence-corrected chi connectivity index (χ1v) is 8.34. The Morgan fingerprint density at radius 2 is 2.05 bits per heavy atom. The minimum absolute atomic E-state index is 0.0950. The van der Waals surface area contributed by atoms with Crippen molar-refractivity contribution in [1.82, 2.24) is 14.5 Å². The third kappa shape index (κ3) is 3.20. The molecular weight excluding hydrogens is 305 g/mol. The van der Waals surface area contributed by atoms with Gasteiger partial charge in [-0.1, -0.05) is 11.6 Å². The summed E-state index contributed by atoms with van der Waals surface area (Å²) < 4.78 is 2.27. The maximum absolute atomic E-state index is 6.34. The predicted molar refractivity (Wildman–Crippen MR) is 89.2 cm³/mol. The smallest absolute Gasteiger partial charge is 0.127 e. The van der Waals surface area contributed by atoms with E-state index in [0.717, 1.165) is 28.4 Å². The van der Waals surface area contributed by atoms with Crippen molar-refractivity contribution < 1.29 is 0 Å². The van der Waals surface area contributed by atoms with E-state index in [2.05, 4.69) is 16.5 Å². The van der Waals surface area contributed by atoms with Crippen LogP contribution in [0.4, 0.5) is 0 Å². The molecule has 2 aromatic rings. The molecule has 0 spiro atoms. The van der Waals surface area contributed by atoms with Crippen LogP contribution in [0.5, 0.6) is 0 Å². The van der Waals surface area contributed by atoms with Crippen molar-refractivity contribution >= 4 is 34.2 Å². The Morgan fingerprint density at radius 3 is 2.71 bits per heavy atom. The number of rotatable bonds is 3. The highest BCUT2D eigenvalue weighted by Crippen LogP contribution is 2.29. The molecule has 3 nitrogen and oxygen atoms in total. The topological polar surface area (TPSA) is 21.1 Å². The second-order valence-electron chi connectivity index (χ2n) is 6.08. The van der Waals surface area contributed by atoms with Crippen molar-refractivity contribution in [3.8, 4) is 0 Å². The van der Waals surface area contributed by atoms with E-state index in [9.17, 15) is 0 Å². The van der Waals surface area contributed by atoms with Gasteiger partial charge in [-0.3, -0.25) is 0 Å². The summed E-state index contributed by atoms with van der Waals surface area (Å²) in [4.78, 5) is 7.09. The average Bonchev–Trinajstić information content (AvgIpc) is 2.80. The number of aromatic nitrogens is 2. The Bertz CT molecular complexity index is 628. The maximum atomic E-state index is 6.34. The zero-order valence-electron chi connectivity index (χ0n) is 12.5. The summed E-state index contributed by atoms with van der Waals surface area (Å²) in [6.45, 7) is 5.31. The van der Waals surface area contributed by atoms with E-state index in [1.807, 2.05) is 25.1 Å². The Balaban J connectivity index is 1.95. The molecule has 0 bridgehead atoms. The first-order valence-electron chi connectivity index (χ1n) is 7.53. The van der Waals surface area contributed by atoms with Crippen molar-refractivity contribution in [3.63, 3.8) is 0 Å². The van der Waals surface area contributed by atoms with E-state index in [0.29, 0.717) is 5.92 Å². The number of piperidine rings is 1. The molecular formula is C16H21Cl2N3. The Hall–Kier alpha value is -0.770.